The molecule has 1 atom stereocenters. The van der Waals surface area contributed by atoms with Gasteiger partial charge in [0.05, 0.1) is 20.1 Å². The van der Waals surface area contributed by atoms with Crippen molar-refractivity contribution in [1.82, 2.24) is 5.32 Å². The molecule has 1 aromatic rings. The van der Waals surface area contributed by atoms with Crippen LogP contribution in [-0.4, -0.2) is 33.2 Å². The predicted molar refractivity (Wildman–Crippen MR) is 73.9 cm³/mol. The van der Waals surface area contributed by atoms with Crippen molar-refractivity contribution in [2.45, 2.75) is 13.3 Å². The third-order valence-electron chi connectivity index (χ3n) is 3.42. The van der Waals surface area contributed by atoms with E-state index in [9.17, 15) is 4.79 Å². The number of nitrogens with one attached hydrogen (secondary N) is 2. The number of hydrogen-bond donors (Lipinski definition) is 2. The van der Waals surface area contributed by atoms with E-state index in [2.05, 4.69) is 10.6 Å². The van der Waals surface area contributed by atoms with Gasteiger partial charge in [0.25, 0.3) is 0 Å². The second-order valence-corrected chi connectivity index (χ2v) is 4.70. The van der Waals surface area contributed by atoms with Crippen LogP contribution in [0.1, 0.15) is 12.0 Å². The van der Waals surface area contributed by atoms with Gasteiger partial charge >= 0.3 is 0 Å². The molecule has 1 amide bonds. The van der Waals surface area contributed by atoms with Crippen LogP contribution in [0.25, 0.3) is 0 Å². The summed E-state index contributed by atoms with van der Waals surface area (Å²) in [5, 5.41) is 6.15. The molecule has 1 aliphatic rings. The van der Waals surface area contributed by atoms with Gasteiger partial charge in [0.2, 0.25) is 5.91 Å². The summed E-state index contributed by atoms with van der Waals surface area (Å²) in [4.78, 5) is 12.1. The van der Waals surface area contributed by atoms with Crippen LogP contribution in [0, 0.1) is 12.8 Å². The summed E-state index contributed by atoms with van der Waals surface area (Å²) in [6, 6.07) is 3.66. The largest absolute Gasteiger partial charge is 0.493 e. The molecule has 5 nitrogen and oxygen atoms in total. The first-order valence-corrected chi connectivity index (χ1v) is 6.40. The summed E-state index contributed by atoms with van der Waals surface area (Å²) in [5.74, 6) is 1.39. The first kappa shape index (κ1) is 13.7. The first-order valence-electron chi connectivity index (χ1n) is 6.40. The van der Waals surface area contributed by atoms with Gasteiger partial charge in [0.1, 0.15) is 0 Å². The van der Waals surface area contributed by atoms with Crippen molar-refractivity contribution >= 4 is 11.6 Å². The zero-order chi connectivity index (χ0) is 13.8. The van der Waals surface area contributed by atoms with Crippen LogP contribution in [0.4, 0.5) is 5.69 Å². The Labute approximate surface area is 113 Å². The molecule has 1 unspecified atom stereocenters. The van der Waals surface area contributed by atoms with E-state index in [1.54, 1.807) is 20.3 Å². The van der Waals surface area contributed by atoms with Crippen LogP contribution in [0.3, 0.4) is 0 Å². The van der Waals surface area contributed by atoms with Gasteiger partial charge in [-0.1, -0.05) is 0 Å². The van der Waals surface area contributed by atoms with E-state index in [1.807, 2.05) is 13.0 Å². The molecule has 19 heavy (non-hydrogen) atoms. The van der Waals surface area contributed by atoms with Crippen molar-refractivity contribution in [2.24, 2.45) is 5.92 Å². The highest BCUT2D eigenvalue weighted by molar-refractivity contribution is 5.94. The van der Waals surface area contributed by atoms with Gasteiger partial charge < -0.3 is 20.1 Å². The van der Waals surface area contributed by atoms with E-state index in [0.29, 0.717) is 11.5 Å². The molecule has 0 aromatic heterocycles. The van der Waals surface area contributed by atoms with Gasteiger partial charge in [-0.25, -0.2) is 0 Å². The van der Waals surface area contributed by atoms with Crippen LogP contribution in [-0.2, 0) is 4.79 Å². The van der Waals surface area contributed by atoms with E-state index < -0.39 is 0 Å². The number of benzene rings is 1. The highest BCUT2D eigenvalue weighted by atomic mass is 16.5. The molecular formula is C14H20N2O3. The maximum absolute atomic E-state index is 12.1. The number of carbonyl (C=O) groups excluding carboxylic acids is 1. The molecule has 104 valence electrons. The van der Waals surface area contributed by atoms with Crippen molar-refractivity contribution in [2.75, 3.05) is 32.6 Å². The Morgan fingerprint density at radius 1 is 1.32 bits per heavy atom. The zero-order valence-electron chi connectivity index (χ0n) is 11.6. The molecule has 0 bridgehead atoms. The summed E-state index contributed by atoms with van der Waals surface area (Å²) < 4.78 is 10.5. The molecule has 0 radical (unpaired) electrons. The minimum absolute atomic E-state index is 0.0486. The molecular weight excluding hydrogens is 244 g/mol. The number of aryl methyl sites for hydroxylation is 1. The third kappa shape index (κ3) is 2.98. The first-order chi connectivity index (χ1) is 9.15. The summed E-state index contributed by atoms with van der Waals surface area (Å²) >= 11 is 0. The van der Waals surface area contributed by atoms with Crippen LogP contribution >= 0.6 is 0 Å². The molecule has 0 spiro atoms. The standard InChI is InChI=1S/C14H20N2O3/c1-9-6-12(18-2)13(19-3)7-11(9)16-14(17)10-4-5-15-8-10/h6-7,10,15H,4-5,8H2,1-3H3,(H,16,17). The Bertz CT molecular complexity index is 468. The lowest BCUT2D eigenvalue weighted by Crippen LogP contribution is -2.25. The molecule has 0 aliphatic carbocycles. The molecule has 0 saturated carbocycles. The van der Waals surface area contributed by atoms with Crippen molar-refractivity contribution in [1.29, 1.82) is 0 Å². The number of carbonyl (C=O) groups is 1. The molecule has 1 saturated heterocycles. The number of hydrogen-bond acceptors (Lipinski definition) is 4. The fourth-order valence-corrected chi connectivity index (χ4v) is 2.23. The lowest BCUT2D eigenvalue weighted by molar-refractivity contribution is -0.119. The summed E-state index contributed by atoms with van der Waals surface area (Å²) in [7, 11) is 3.18. The Hall–Kier alpha value is -1.75. The lowest BCUT2D eigenvalue weighted by Gasteiger charge is -2.15. The topological polar surface area (TPSA) is 59.6 Å². The van der Waals surface area contributed by atoms with Gasteiger partial charge in [-0.05, 0) is 31.5 Å². The predicted octanol–water partition coefficient (Wildman–Crippen LogP) is 1.56. The average molecular weight is 264 g/mol. The number of methoxy groups -OCH3 is 2. The fourth-order valence-electron chi connectivity index (χ4n) is 2.23. The smallest absolute Gasteiger partial charge is 0.228 e. The normalized spacial score (nSPS) is 18.2. The monoisotopic (exact) mass is 264 g/mol. The molecule has 1 aromatic carbocycles. The molecule has 1 fully saturated rings. The Morgan fingerprint density at radius 3 is 2.58 bits per heavy atom. The van der Waals surface area contributed by atoms with Crippen LogP contribution in [0.2, 0.25) is 0 Å². The minimum Gasteiger partial charge on any atom is -0.493 e. The van der Waals surface area contributed by atoms with Crippen molar-refractivity contribution in [3.63, 3.8) is 0 Å². The second-order valence-electron chi connectivity index (χ2n) is 4.70. The molecule has 1 aliphatic heterocycles. The van der Waals surface area contributed by atoms with Gasteiger partial charge in [-0.3, -0.25) is 4.79 Å². The molecule has 5 heteroatoms. The maximum atomic E-state index is 12.1. The SMILES string of the molecule is COc1cc(C)c(NC(=O)C2CCNC2)cc1OC. The van der Waals surface area contributed by atoms with E-state index in [4.69, 9.17) is 9.47 Å². The van der Waals surface area contributed by atoms with Crippen molar-refractivity contribution < 1.29 is 14.3 Å². The average Bonchev–Trinajstić information content (AvgIpc) is 2.94. The van der Waals surface area contributed by atoms with Gasteiger partial charge in [-0.15, -0.1) is 0 Å². The molecule has 2 N–H and O–H groups in total. The van der Waals surface area contributed by atoms with Crippen LogP contribution in [0.15, 0.2) is 12.1 Å². The van der Waals surface area contributed by atoms with Gasteiger partial charge in [-0.2, -0.15) is 0 Å². The zero-order valence-corrected chi connectivity index (χ0v) is 11.6. The number of anilines is 1. The van der Waals surface area contributed by atoms with E-state index in [-0.39, 0.29) is 11.8 Å². The van der Waals surface area contributed by atoms with Crippen LogP contribution < -0.4 is 20.1 Å². The van der Waals surface area contributed by atoms with Crippen LogP contribution in [0.5, 0.6) is 11.5 Å². The minimum atomic E-state index is 0.0486. The highest BCUT2D eigenvalue weighted by Crippen LogP contribution is 2.33. The third-order valence-corrected chi connectivity index (χ3v) is 3.42. The van der Waals surface area contributed by atoms with E-state index in [1.165, 1.54) is 0 Å². The summed E-state index contributed by atoms with van der Waals surface area (Å²) in [5.41, 5.74) is 1.73. The second kappa shape index (κ2) is 5.93. The Morgan fingerprint density at radius 2 is 2.00 bits per heavy atom. The van der Waals surface area contributed by atoms with Gasteiger partial charge in [0, 0.05) is 18.3 Å². The lowest BCUT2D eigenvalue weighted by atomic mass is 10.1. The Kier molecular flexibility index (Phi) is 4.27. The van der Waals surface area contributed by atoms with Crippen molar-refractivity contribution in [3.8, 4) is 11.5 Å². The summed E-state index contributed by atoms with van der Waals surface area (Å²) in [6.45, 7) is 3.59. The maximum Gasteiger partial charge on any atom is 0.228 e. The quantitative estimate of drug-likeness (QED) is 0.866. The summed E-state index contributed by atoms with van der Waals surface area (Å²) in [6.07, 6.45) is 0.887. The fraction of sp³-hybridized carbons (Fsp3) is 0.500. The number of ether oxygens (including phenoxy) is 2. The molecule has 1 heterocycles. The number of amides is 1. The van der Waals surface area contributed by atoms with E-state index >= 15 is 0 Å². The van der Waals surface area contributed by atoms with Gasteiger partial charge in [0.15, 0.2) is 11.5 Å². The molecule has 2 rings (SSSR count). The van der Waals surface area contributed by atoms with Crippen molar-refractivity contribution in [3.05, 3.63) is 17.7 Å². The Balaban J connectivity index is 2.17. The highest BCUT2D eigenvalue weighted by Gasteiger charge is 2.23. The van der Waals surface area contributed by atoms with E-state index in [0.717, 1.165) is 30.8 Å². The number of rotatable bonds is 4.